The molecule has 0 unspecified atom stereocenters. The predicted octanol–water partition coefficient (Wildman–Crippen LogP) is 7.12. The van der Waals surface area contributed by atoms with Gasteiger partial charge >= 0.3 is 6.11 Å². The summed E-state index contributed by atoms with van der Waals surface area (Å²) in [7, 11) is 0. The van der Waals surface area contributed by atoms with Gasteiger partial charge in [0.25, 0.3) is 0 Å². The monoisotopic (exact) mass is 382 g/mol. The van der Waals surface area contributed by atoms with Gasteiger partial charge in [0.2, 0.25) is 0 Å². The molecule has 144 valence electrons. The Hall–Kier alpha value is -2.75. The van der Waals surface area contributed by atoms with E-state index in [1.165, 1.54) is 11.6 Å². The fourth-order valence-corrected chi connectivity index (χ4v) is 3.72. The molecule has 0 N–H and O–H groups in total. The molecule has 1 aliphatic rings. The van der Waals surface area contributed by atoms with Crippen molar-refractivity contribution in [2.45, 2.75) is 39.2 Å². The number of aryl methyl sites for hydroxylation is 2. The summed E-state index contributed by atoms with van der Waals surface area (Å²) < 4.78 is 49.0. The number of halogens is 3. The standard InChI is InChI=1S/C24H21F3O/c1-3-5-15-6-8-17(9-7-15)18-11-12-19-20-13-10-16(4-2)22(25)23(20)28-24(26,27)21(19)14-18/h6-14H,3-5H2,1-2H3. The maximum Gasteiger partial charge on any atom is 0.427 e. The lowest BCUT2D eigenvalue weighted by Gasteiger charge is -2.29. The minimum Gasteiger partial charge on any atom is -0.425 e. The van der Waals surface area contributed by atoms with E-state index in [1.807, 2.05) is 24.3 Å². The zero-order valence-corrected chi connectivity index (χ0v) is 15.9. The van der Waals surface area contributed by atoms with Crippen LogP contribution in [0.3, 0.4) is 0 Å². The van der Waals surface area contributed by atoms with E-state index in [0.29, 0.717) is 28.7 Å². The Bertz CT molecular complexity index is 1020. The van der Waals surface area contributed by atoms with Crippen molar-refractivity contribution < 1.29 is 17.9 Å². The smallest absolute Gasteiger partial charge is 0.425 e. The molecule has 0 aromatic heterocycles. The third kappa shape index (κ3) is 3.07. The van der Waals surface area contributed by atoms with Crippen LogP contribution in [0.4, 0.5) is 13.2 Å². The molecular weight excluding hydrogens is 361 g/mol. The Morgan fingerprint density at radius 3 is 2.21 bits per heavy atom. The van der Waals surface area contributed by atoms with E-state index < -0.39 is 11.9 Å². The molecule has 0 aliphatic carbocycles. The van der Waals surface area contributed by atoms with Crippen molar-refractivity contribution in [2.75, 3.05) is 0 Å². The minimum atomic E-state index is -3.59. The van der Waals surface area contributed by atoms with Crippen molar-refractivity contribution in [3.8, 4) is 28.0 Å². The molecule has 1 aliphatic heterocycles. The summed E-state index contributed by atoms with van der Waals surface area (Å²) in [6.07, 6.45) is -1.14. The molecule has 28 heavy (non-hydrogen) atoms. The molecule has 1 nitrogen and oxygen atoms in total. The number of hydrogen-bond acceptors (Lipinski definition) is 1. The van der Waals surface area contributed by atoms with Gasteiger partial charge < -0.3 is 4.74 Å². The normalized spacial score (nSPS) is 14.2. The van der Waals surface area contributed by atoms with Crippen LogP contribution >= 0.6 is 0 Å². The van der Waals surface area contributed by atoms with Crippen LogP contribution in [0.1, 0.15) is 37.0 Å². The number of benzene rings is 3. The van der Waals surface area contributed by atoms with Gasteiger partial charge in [-0.1, -0.05) is 68.8 Å². The predicted molar refractivity (Wildman–Crippen MR) is 105 cm³/mol. The first-order chi connectivity index (χ1) is 13.4. The highest BCUT2D eigenvalue weighted by Crippen LogP contribution is 2.49. The van der Waals surface area contributed by atoms with Crippen LogP contribution < -0.4 is 4.74 Å². The summed E-state index contributed by atoms with van der Waals surface area (Å²) >= 11 is 0. The summed E-state index contributed by atoms with van der Waals surface area (Å²) in [5.74, 6) is -1.07. The van der Waals surface area contributed by atoms with Crippen LogP contribution in [-0.4, -0.2) is 0 Å². The lowest BCUT2D eigenvalue weighted by atomic mass is 9.91. The quantitative estimate of drug-likeness (QED) is 0.467. The number of hydrogen-bond donors (Lipinski definition) is 0. The van der Waals surface area contributed by atoms with Gasteiger partial charge in [-0.25, -0.2) is 4.39 Å². The van der Waals surface area contributed by atoms with Gasteiger partial charge in [-0.2, -0.15) is 8.78 Å². The number of alkyl halides is 2. The SMILES string of the molecule is CCCc1ccc(-c2ccc3c(c2)C(F)(F)Oc2c-3ccc(CC)c2F)cc1. The molecule has 3 aromatic carbocycles. The van der Waals surface area contributed by atoms with Crippen molar-refractivity contribution in [2.24, 2.45) is 0 Å². The molecule has 0 saturated heterocycles. The summed E-state index contributed by atoms with van der Waals surface area (Å²) in [5.41, 5.74) is 3.55. The zero-order valence-electron chi connectivity index (χ0n) is 15.9. The van der Waals surface area contributed by atoms with Crippen LogP contribution in [0.15, 0.2) is 54.6 Å². The average Bonchev–Trinajstić information content (AvgIpc) is 2.69. The number of rotatable bonds is 4. The maximum atomic E-state index is 14.8. The molecular formula is C24H21F3O. The van der Waals surface area contributed by atoms with Gasteiger partial charge in [-0.15, -0.1) is 0 Å². The molecule has 0 fully saturated rings. The van der Waals surface area contributed by atoms with Crippen LogP contribution in [-0.2, 0) is 19.0 Å². The average molecular weight is 382 g/mol. The fraction of sp³-hybridized carbons (Fsp3) is 0.250. The lowest BCUT2D eigenvalue weighted by molar-refractivity contribution is -0.188. The summed E-state index contributed by atoms with van der Waals surface area (Å²) in [6, 6.07) is 16.1. The molecule has 4 heteroatoms. The van der Waals surface area contributed by atoms with Gasteiger partial charge in [-0.3, -0.25) is 0 Å². The number of fused-ring (bicyclic) bond motifs is 3. The topological polar surface area (TPSA) is 9.23 Å². The zero-order chi connectivity index (χ0) is 19.9. The van der Waals surface area contributed by atoms with Crippen molar-refractivity contribution in [3.63, 3.8) is 0 Å². The highest BCUT2D eigenvalue weighted by Gasteiger charge is 2.43. The van der Waals surface area contributed by atoms with Crippen molar-refractivity contribution in [1.82, 2.24) is 0 Å². The highest BCUT2D eigenvalue weighted by molar-refractivity contribution is 5.80. The summed E-state index contributed by atoms with van der Waals surface area (Å²) in [6.45, 7) is 3.89. The first kappa shape index (κ1) is 18.6. The Morgan fingerprint density at radius 2 is 1.54 bits per heavy atom. The summed E-state index contributed by atoms with van der Waals surface area (Å²) in [5, 5.41) is 0. The Balaban J connectivity index is 1.81. The van der Waals surface area contributed by atoms with Crippen LogP contribution in [0.5, 0.6) is 5.75 Å². The third-order valence-electron chi connectivity index (χ3n) is 5.24. The minimum absolute atomic E-state index is 0.237. The van der Waals surface area contributed by atoms with Crippen LogP contribution in [0, 0.1) is 5.82 Å². The summed E-state index contributed by atoms with van der Waals surface area (Å²) in [4.78, 5) is 0. The largest absolute Gasteiger partial charge is 0.427 e. The van der Waals surface area contributed by atoms with Gasteiger partial charge in [0.05, 0.1) is 5.56 Å². The molecule has 3 aromatic rings. The van der Waals surface area contributed by atoms with Gasteiger partial charge in [0.1, 0.15) is 0 Å². The van der Waals surface area contributed by atoms with Gasteiger partial charge in [0.15, 0.2) is 11.6 Å². The molecule has 0 atom stereocenters. The number of ether oxygens (including phenoxy) is 1. The molecule has 0 amide bonds. The fourth-order valence-electron chi connectivity index (χ4n) is 3.72. The molecule has 1 heterocycles. The maximum absolute atomic E-state index is 14.8. The molecule has 0 bridgehead atoms. The Labute approximate surface area is 162 Å². The van der Waals surface area contributed by atoms with Gasteiger partial charge in [-0.05, 0) is 46.7 Å². The lowest BCUT2D eigenvalue weighted by Crippen LogP contribution is -2.27. The second-order valence-corrected chi connectivity index (χ2v) is 7.10. The van der Waals surface area contributed by atoms with E-state index in [9.17, 15) is 13.2 Å². The van der Waals surface area contributed by atoms with Crippen LogP contribution in [0.25, 0.3) is 22.3 Å². The molecule has 0 radical (unpaired) electrons. The van der Waals surface area contributed by atoms with E-state index in [1.54, 1.807) is 31.2 Å². The second-order valence-electron chi connectivity index (χ2n) is 7.10. The van der Waals surface area contributed by atoms with E-state index in [4.69, 9.17) is 4.74 Å². The van der Waals surface area contributed by atoms with Crippen molar-refractivity contribution in [1.29, 1.82) is 0 Å². The molecule has 4 rings (SSSR count). The first-order valence-electron chi connectivity index (χ1n) is 9.57. The van der Waals surface area contributed by atoms with E-state index >= 15 is 0 Å². The second kappa shape index (κ2) is 7.01. The molecule has 0 saturated carbocycles. The van der Waals surface area contributed by atoms with E-state index in [0.717, 1.165) is 18.4 Å². The molecule has 0 spiro atoms. The third-order valence-corrected chi connectivity index (χ3v) is 5.24. The van der Waals surface area contributed by atoms with Crippen molar-refractivity contribution in [3.05, 3.63) is 77.1 Å². The Kier molecular flexibility index (Phi) is 4.66. The highest BCUT2D eigenvalue weighted by atomic mass is 19.3. The van der Waals surface area contributed by atoms with E-state index in [2.05, 4.69) is 6.92 Å². The van der Waals surface area contributed by atoms with Crippen molar-refractivity contribution >= 4 is 0 Å². The first-order valence-corrected chi connectivity index (χ1v) is 9.57. The van der Waals surface area contributed by atoms with Gasteiger partial charge in [0, 0.05) is 5.56 Å². The van der Waals surface area contributed by atoms with E-state index in [-0.39, 0.29) is 11.3 Å². The van der Waals surface area contributed by atoms with Crippen LogP contribution in [0.2, 0.25) is 0 Å². The Morgan fingerprint density at radius 1 is 0.857 bits per heavy atom.